The molecule has 1 nitrogen and oxygen atoms in total. The van der Waals surface area contributed by atoms with Crippen molar-refractivity contribution < 1.29 is 4.74 Å². The minimum atomic E-state index is 0.105. The van der Waals surface area contributed by atoms with Crippen molar-refractivity contribution in [2.75, 3.05) is 0 Å². The highest BCUT2D eigenvalue weighted by atomic mass is 16.5. The van der Waals surface area contributed by atoms with Gasteiger partial charge in [-0.15, -0.1) is 0 Å². The Morgan fingerprint density at radius 2 is 1.78 bits per heavy atom. The molecular formula is C17H28O. The van der Waals surface area contributed by atoms with E-state index in [1.54, 1.807) is 0 Å². The van der Waals surface area contributed by atoms with E-state index < -0.39 is 0 Å². The summed E-state index contributed by atoms with van der Waals surface area (Å²) in [5.41, 5.74) is 1.11. The van der Waals surface area contributed by atoms with Crippen molar-refractivity contribution in [3.63, 3.8) is 0 Å². The van der Waals surface area contributed by atoms with E-state index in [2.05, 4.69) is 33.8 Å². The van der Waals surface area contributed by atoms with Crippen LogP contribution in [0.1, 0.15) is 66.2 Å². The van der Waals surface area contributed by atoms with Crippen LogP contribution in [0.15, 0.2) is 12.3 Å². The molecule has 0 bridgehead atoms. The van der Waals surface area contributed by atoms with E-state index in [1.807, 2.05) is 6.26 Å². The van der Waals surface area contributed by atoms with Crippen LogP contribution in [0.5, 0.6) is 0 Å². The molecule has 0 aromatic rings. The number of ether oxygens (including phenoxy) is 1. The molecule has 1 heteroatoms. The predicted molar refractivity (Wildman–Crippen MR) is 75.2 cm³/mol. The Hall–Kier alpha value is -0.460. The van der Waals surface area contributed by atoms with E-state index in [1.165, 1.54) is 38.5 Å². The first-order valence-corrected chi connectivity index (χ1v) is 7.71. The largest absolute Gasteiger partial charge is 0.495 e. The van der Waals surface area contributed by atoms with Crippen molar-refractivity contribution >= 4 is 0 Å². The third kappa shape index (κ3) is 1.58. The smallest absolute Gasteiger partial charge is 0.109 e. The molecule has 2 fully saturated rings. The Kier molecular flexibility index (Phi) is 2.63. The maximum atomic E-state index is 6.07. The summed E-state index contributed by atoms with van der Waals surface area (Å²) in [5.74, 6) is 1.60. The minimum absolute atomic E-state index is 0.105. The van der Waals surface area contributed by atoms with E-state index in [-0.39, 0.29) is 5.60 Å². The van der Waals surface area contributed by atoms with Crippen LogP contribution in [0.25, 0.3) is 0 Å². The zero-order valence-corrected chi connectivity index (χ0v) is 12.5. The highest BCUT2D eigenvalue weighted by molar-refractivity contribution is 5.11. The number of rotatable bonds is 0. The lowest BCUT2D eigenvalue weighted by Crippen LogP contribution is -2.58. The summed E-state index contributed by atoms with van der Waals surface area (Å²) in [7, 11) is 0. The summed E-state index contributed by atoms with van der Waals surface area (Å²) >= 11 is 0. The molecule has 1 aliphatic heterocycles. The van der Waals surface area contributed by atoms with E-state index in [4.69, 9.17) is 4.74 Å². The fourth-order valence-electron chi connectivity index (χ4n) is 5.66. The van der Waals surface area contributed by atoms with Gasteiger partial charge in [-0.1, -0.05) is 27.2 Å². The fourth-order valence-corrected chi connectivity index (χ4v) is 5.66. The van der Waals surface area contributed by atoms with Gasteiger partial charge in [-0.3, -0.25) is 0 Å². The number of fused-ring (bicyclic) bond motifs is 3. The lowest BCUT2D eigenvalue weighted by Gasteiger charge is -2.62. The molecule has 2 aliphatic carbocycles. The second-order valence-electron chi connectivity index (χ2n) is 8.03. The first-order valence-electron chi connectivity index (χ1n) is 7.71. The van der Waals surface area contributed by atoms with Gasteiger partial charge >= 0.3 is 0 Å². The van der Waals surface area contributed by atoms with Crippen LogP contribution in [0, 0.1) is 22.7 Å². The molecule has 0 aromatic heterocycles. The van der Waals surface area contributed by atoms with Crippen LogP contribution in [-0.4, -0.2) is 5.60 Å². The first kappa shape index (κ1) is 12.6. The average molecular weight is 248 g/mol. The molecule has 3 rings (SSSR count). The van der Waals surface area contributed by atoms with Gasteiger partial charge < -0.3 is 4.74 Å². The Labute approximate surface area is 112 Å². The van der Waals surface area contributed by atoms with Gasteiger partial charge in [0, 0.05) is 5.92 Å². The van der Waals surface area contributed by atoms with E-state index in [0.29, 0.717) is 16.7 Å². The Morgan fingerprint density at radius 1 is 1.00 bits per heavy atom. The van der Waals surface area contributed by atoms with Crippen LogP contribution in [0.2, 0.25) is 0 Å². The van der Waals surface area contributed by atoms with Crippen LogP contribution in [0.4, 0.5) is 0 Å². The molecule has 0 amide bonds. The van der Waals surface area contributed by atoms with Crippen molar-refractivity contribution in [3.8, 4) is 0 Å². The van der Waals surface area contributed by atoms with E-state index in [0.717, 1.165) is 5.92 Å². The van der Waals surface area contributed by atoms with Crippen LogP contribution in [-0.2, 0) is 4.74 Å². The standard InChI is InChI=1S/C17H28O/c1-15(2)9-6-10-16(3)13(15)8-11-17(4)14(16)7-5-12-18-17/h5,12-14H,6-11H2,1-4H3/t13?,14?,16-,17+/m1/s1. The van der Waals surface area contributed by atoms with E-state index in [9.17, 15) is 0 Å². The summed E-state index contributed by atoms with van der Waals surface area (Å²) < 4.78 is 6.07. The monoisotopic (exact) mass is 248 g/mol. The summed E-state index contributed by atoms with van der Waals surface area (Å²) in [6, 6.07) is 0. The van der Waals surface area contributed by atoms with Gasteiger partial charge in [0.15, 0.2) is 0 Å². The van der Waals surface area contributed by atoms with Crippen molar-refractivity contribution in [1.82, 2.24) is 0 Å². The van der Waals surface area contributed by atoms with Gasteiger partial charge in [-0.25, -0.2) is 0 Å². The normalized spacial score (nSPS) is 50.0. The predicted octanol–water partition coefficient (Wildman–Crippen LogP) is 4.92. The van der Waals surface area contributed by atoms with Gasteiger partial charge in [0.05, 0.1) is 6.26 Å². The second kappa shape index (κ2) is 3.77. The summed E-state index contributed by atoms with van der Waals surface area (Å²) in [5, 5.41) is 0. The fraction of sp³-hybridized carbons (Fsp3) is 0.882. The zero-order chi connectivity index (χ0) is 13.0. The van der Waals surface area contributed by atoms with Crippen molar-refractivity contribution in [3.05, 3.63) is 12.3 Å². The lowest BCUT2D eigenvalue weighted by atomic mass is 9.45. The molecule has 2 saturated carbocycles. The van der Waals surface area contributed by atoms with Gasteiger partial charge in [0.25, 0.3) is 0 Å². The van der Waals surface area contributed by atoms with Crippen molar-refractivity contribution in [2.45, 2.75) is 71.8 Å². The molecular weight excluding hydrogens is 220 g/mol. The van der Waals surface area contributed by atoms with Crippen molar-refractivity contribution in [1.29, 1.82) is 0 Å². The van der Waals surface area contributed by atoms with Gasteiger partial charge in [-0.2, -0.15) is 0 Å². The molecule has 1 heterocycles. The minimum Gasteiger partial charge on any atom is -0.495 e. The highest BCUT2D eigenvalue weighted by Crippen LogP contribution is 2.64. The van der Waals surface area contributed by atoms with Crippen molar-refractivity contribution in [2.24, 2.45) is 22.7 Å². The third-order valence-electron chi connectivity index (χ3n) is 6.54. The molecule has 102 valence electrons. The maximum Gasteiger partial charge on any atom is 0.109 e. The van der Waals surface area contributed by atoms with Crippen LogP contribution < -0.4 is 0 Å². The quantitative estimate of drug-likeness (QED) is 0.591. The Balaban J connectivity index is 1.99. The molecule has 0 spiro atoms. The molecule has 0 N–H and O–H groups in total. The Bertz CT molecular complexity index is 370. The molecule has 3 aliphatic rings. The van der Waals surface area contributed by atoms with Crippen LogP contribution >= 0.6 is 0 Å². The van der Waals surface area contributed by atoms with E-state index >= 15 is 0 Å². The Morgan fingerprint density at radius 3 is 2.56 bits per heavy atom. The number of hydrogen-bond donors (Lipinski definition) is 0. The highest BCUT2D eigenvalue weighted by Gasteiger charge is 2.59. The third-order valence-corrected chi connectivity index (χ3v) is 6.54. The lowest BCUT2D eigenvalue weighted by molar-refractivity contribution is -0.175. The molecule has 18 heavy (non-hydrogen) atoms. The summed E-state index contributed by atoms with van der Waals surface area (Å²) in [6.45, 7) is 9.90. The molecule has 4 atom stereocenters. The average Bonchev–Trinajstić information content (AvgIpc) is 2.27. The van der Waals surface area contributed by atoms with Gasteiger partial charge in [-0.05, 0) is 61.9 Å². The van der Waals surface area contributed by atoms with Gasteiger partial charge in [0.2, 0.25) is 0 Å². The zero-order valence-electron chi connectivity index (χ0n) is 12.5. The maximum absolute atomic E-state index is 6.07. The first-order chi connectivity index (χ1) is 8.39. The molecule has 0 radical (unpaired) electrons. The summed E-state index contributed by atoms with van der Waals surface area (Å²) in [4.78, 5) is 0. The molecule has 2 unspecified atom stereocenters. The second-order valence-corrected chi connectivity index (χ2v) is 8.03. The van der Waals surface area contributed by atoms with Gasteiger partial charge in [0.1, 0.15) is 5.60 Å². The molecule has 0 aromatic carbocycles. The summed E-state index contributed by atoms with van der Waals surface area (Å²) in [6.07, 6.45) is 12.2. The van der Waals surface area contributed by atoms with Crippen LogP contribution in [0.3, 0.4) is 0 Å². The SMILES string of the molecule is CC1(C)CCC[C@]2(C)C1CC[C@]1(C)OC=CCC21. The molecule has 0 saturated heterocycles. The number of allylic oxidation sites excluding steroid dienone is 1. The topological polar surface area (TPSA) is 9.23 Å². The number of hydrogen-bond acceptors (Lipinski definition) is 1.